The van der Waals surface area contributed by atoms with Crippen molar-refractivity contribution in [3.8, 4) is 79.4 Å². The molecule has 15 nitrogen and oxygen atoms in total. The second-order valence-electron chi connectivity index (χ2n) is 20.1. The van der Waals surface area contributed by atoms with Gasteiger partial charge < -0.3 is 23.7 Å². The number of halogens is 16. The molecule has 0 bridgehead atoms. The highest BCUT2D eigenvalue weighted by Crippen LogP contribution is 2.45. The molecule has 518 valence electrons. The minimum absolute atomic E-state index is 0.144. The van der Waals surface area contributed by atoms with Crippen LogP contribution in [-0.2, 0) is 39.2 Å². The van der Waals surface area contributed by atoms with E-state index in [-0.39, 0.29) is 27.0 Å². The summed E-state index contributed by atoms with van der Waals surface area (Å²) in [5, 5.41) is 12.0. The molecular weight excluding hydrogens is 1440 g/mol. The quantitative estimate of drug-likeness (QED) is 0.0193. The van der Waals surface area contributed by atoms with E-state index in [1.807, 2.05) is 24.3 Å². The highest BCUT2D eigenvalue weighted by atomic mass is 32.2. The maximum Gasteiger partial charge on any atom is 0.298 e. The van der Waals surface area contributed by atoms with Crippen LogP contribution in [0, 0.1) is 107 Å². The van der Waals surface area contributed by atoms with Crippen molar-refractivity contribution in [3.63, 3.8) is 0 Å². The Hall–Kier alpha value is -9.88. The molecule has 0 amide bonds. The maximum absolute atomic E-state index is 14.9. The summed E-state index contributed by atoms with van der Waals surface area (Å²) in [6.45, 7) is 1.14. The van der Waals surface area contributed by atoms with E-state index in [4.69, 9.17) is 28.9 Å². The second-order valence-corrected chi connectivity index (χ2v) is 26.1. The number of benzene rings is 10. The predicted molar refractivity (Wildman–Crippen MR) is 315 cm³/mol. The molecule has 10 aromatic carbocycles. The Balaban J connectivity index is 0.000000249. The van der Waals surface area contributed by atoms with E-state index in [2.05, 4.69) is 9.37 Å². The van der Waals surface area contributed by atoms with Gasteiger partial charge in [-0.2, -0.15) is 26.0 Å². The molecule has 10 rings (SSSR count). The van der Waals surface area contributed by atoms with E-state index >= 15 is 0 Å². The van der Waals surface area contributed by atoms with E-state index in [1.165, 1.54) is 25.3 Å². The number of sulfone groups is 2. The second kappa shape index (κ2) is 28.9. The Morgan fingerprint density at radius 1 is 0.343 bits per heavy atom. The normalized spacial score (nSPS) is 11.7. The molecule has 0 aliphatic heterocycles. The third-order valence-electron chi connectivity index (χ3n) is 14.2. The Kier molecular flexibility index (Phi) is 21.4. The van der Waals surface area contributed by atoms with Crippen LogP contribution in [0.3, 0.4) is 0 Å². The monoisotopic (exact) mass is 1480 g/mol. The average molecular weight is 1480 g/mol. The van der Waals surface area contributed by atoms with Gasteiger partial charge in [-0.15, -0.1) is 4.33 Å². The predicted octanol–water partition coefficient (Wildman–Crippen LogP) is 18.0. The molecule has 0 radical (unpaired) electrons. The molecule has 35 heteroatoms. The lowest BCUT2D eigenvalue weighted by molar-refractivity contribution is -0.432. The first-order valence-corrected chi connectivity index (χ1v) is 32.1. The van der Waals surface area contributed by atoms with Crippen LogP contribution >= 0.6 is 12.0 Å². The summed E-state index contributed by atoms with van der Waals surface area (Å²) in [4.78, 5) is -2.52. The summed E-state index contributed by atoms with van der Waals surface area (Å²) >= 11 is 0.486. The molecule has 0 heterocycles. The van der Waals surface area contributed by atoms with Gasteiger partial charge in [0.25, 0.3) is 10.1 Å². The molecule has 0 atom stereocenters. The van der Waals surface area contributed by atoms with Crippen LogP contribution in [0.1, 0.15) is 11.1 Å². The summed E-state index contributed by atoms with van der Waals surface area (Å²) in [7, 11) is -10.9. The van der Waals surface area contributed by atoms with E-state index in [1.54, 1.807) is 31.4 Å². The lowest BCUT2D eigenvalue weighted by Crippen LogP contribution is -2.09. The van der Waals surface area contributed by atoms with Crippen molar-refractivity contribution in [1.29, 1.82) is 0 Å². The molecule has 0 unspecified atom stereocenters. The zero-order valence-electron chi connectivity index (χ0n) is 49.6. The van der Waals surface area contributed by atoms with Crippen LogP contribution < -0.4 is 23.7 Å². The van der Waals surface area contributed by atoms with Gasteiger partial charge in [-0.3, -0.25) is 4.55 Å². The first kappa shape index (κ1) is 73.4. The number of hydrogen-bond acceptors (Lipinski definition) is 15. The van der Waals surface area contributed by atoms with Crippen LogP contribution in [-0.4, -0.2) is 49.3 Å². The van der Waals surface area contributed by atoms with Crippen LogP contribution in [0.4, 0.5) is 70.2 Å². The summed E-state index contributed by atoms with van der Waals surface area (Å²) in [6, 6.07) is 26.7. The molecule has 0 saturated heterocycles. The highest BCUT2D eigenvalue weighted by molar-refractivity contribution is 7.95. The van der Waals surface area contributed by atoms with E-state index in [0.717, 1.165) is 53.6 Å². The molecule has 0 saturated carbocycles. The zero-order valence-corrected chi connectivity index (χ0v) is 52.8. The Morgan fingerprint density at radius 2 is 0.646 bits per heavy atom. The Labute approximate surface area is 552 Å². The molecule has 99 heavy (non-hydrogen) atoms. The zero-order chi connectivity index (χ0) is 72.7. The van der Waals surface area contributed by atoms with E-state index < -0.39 is 199 Å². The van der Waals surface area contributed by atoms with Gasteiger partial charge in [-0.25, -0.2) is 74.8 Å². The van der Waals surface area contributed by atoms with Gasteiger partial charge in [0.05, 0.1) is 73.0 Å². The minimum atomic E-state index is -4.90. The van der Waals surface area contributed by atoms with Gasteiger partial charge in [0.1, 0.15) is 39.4 Å². The smallest absolute Gasteiger partial charge is 0.298 e. The standard InChI is InChI=1S/C38H14F16O4S.C26H22O11S3/c1-11-21(39)25(43)17(26(44)22(11)40)19-29(47)33(51)37(34(52)30(19)48)57-13-3-7-15(8-4-13)59(55,56)16-9-5-14(6-10-16)58-38-35(53)31(49)20(32(50)36(38)54)18-27(45)23(41)12(2)24(42)28(18)46;1-33-19-7-3-17(4-8-19)18-5-9-20(10-6-18)35-24-14-12-22(16-26(24)40(30,31)32)39(28,29)21-11-13-23(34-2)25(15-21)38-37-36-27/h3-10H,1-2H3;3-16,27H,1-2H3,(H,30,31,32). The van der Waals surface area contributed by atoms with Crippen LogP contribution in [0.15, 0.2) is 163 Å². The van der Waals surface area contributed by atoms with Crippen molar-refractivity contribution < 1.29 is 138 Å². The highest BCUT2D eigenvalue weighted by Gasteiger charge is 2.37. The summed E-state index contributed by atoms with van der Waals surface area (Å²) in [5.74, 6) is -42.1. The van der Waals surface area contributed by atoms with Crippen LogP contribution in [0.2, 0.25) is 0 Å². The van der Waals surface area contributed by atoms with Gasteiger partial charge in [-0.05, 0) is 134 Å². The maximum atomic E-state index is 14.9. The van der Waals surface area contributed by atoms with Gasteiger partial charge in [-0.1, -0.05) is 29.3 Å². The van der Waals surface area contributed by atoms with Crippen molar-refractivity contribution in [2.75, 3.05) is 14.2 Å². The molecule has 0 aliphatic carbocycles. The number of rotatable bonds is 19. The first-order chi connectivity index (χ1) is 46.6. The lowest BCUT2D eigenvalue weighted by atomic mass is 9.99. The van der Waals surface area contributed by atoms with Crippen molar-refractivity contribution in [1.82, 2.24) is 0 Å². The van der Waals surface area contributed by atoms with Gasteiger partial charge >= 0.3 is 0 Å². The Bertz CT molecular complexity index is 4910. The summed E-state index contributed by atoms with van der Waals surface area (Å²) < 4.78 is 351. The van der Waals surface area contributed by atoms with Gasteiger partial charge in [0, 0.05) is 11.1 Å². The number of ether oxygens (including phenoxy) is 5. The summed E-state index contributed by atoms with van der Waals surface area (Å²) in [6.07, 6.45) is 0. The molecule has 0 aromatic heterocycles. The Morgan fingerprint density at radius 3 is 0.990 bits per heavy atom. The third kappa shape index (κ3) is 14.3. The van der Waals surface area contributed by atoms with Crippen molar-refractivity contribution in [2.45, 2.75) is 43.2 Å². The molecular formula is C64H36F16O15S4. The lowest BCUT2D eigenvalue weighted by Gasteiger charge is -2.15. The minimum Gasteiger partial charge on any atom is -0.497 e. The summed E-state index contributed by atoms with van der Waals surface area (Å²) in [5.41, 5.74) is -9.25. The fraction of sp³-hybridized carbons (Fsp3) is 0.0625. The molecule has 0 spiro atoms. The SMILES string of the molecule is COc1ccc(-c2ccc(Oc3ccc(S(=O)(=O)c4ccc(OC)c(SOOO)c4)cc3S(=O)(=O)O)cc2)cc1.Cc1c(F)c(F)c(-c2c(F)c(F)c(Oc3ccc(S(=O)(=O)c4ccc(Oc5c(F)c(F)c(-c6c(F)c(F)c(C)c(F)c6F)c(F)c5F)cc4)cc3)c(F)c2F)c(F)c1F. The van der Waals surface area contributed by atoms with Crippen LogP contribution in [0.5, 0.6) is 46.0 Å². The topological polar surface area (TPSA) is 207 Å². The van der Waals surface area contributed by atoms with Gasteiger partial charge in [0.2, 0.25) is 54.4 Å². The van der Waals surface area contributed by atoms with Crippen molar-refractivity contribution >= 4 is 41.8 Å². The van der Waals surface area contributed by atoms with Crippen molar-refractivity contribution in [2.24, 2.45) is 0 Å². The fourth-order valence-electron chi connectivity index (χ4n) is 9.15. The fourth-order valence-corrected chi connectivity index (χ4v) is 13.0. The number of methoxy groups -OCH3 is 2. The molecule has 0 fully saturated rings. The van der Waals surface area contributed by atoms with Crippen molar-refractivity contribution in [3.05, 3.63) is 238 Å². The van der Waals surface area contributed by atoms with E-state index in [0.29, 0.717) is 55.9 Å². The van der Waals surface area contributed by atoms with Gasteiger partial charge in [0.15, 0.2) is 69.8 Å². The van der Waals surface area contributed by atoms with E-state index in [9.17, 15) is 100 Å². The largest absolute Gasteiger partial charge is 0.497 e. The average Bonchev–Trinajstić information content (AvgIpc) is 0.755. The first-order valence-electron chi connectivity index (χ1n) is 26.9. The van der Waals surface area contributed by atoms with Crippen LogP contribution in [0.25, 0.3) is 33.4 Å². The molecule has 0 aliphatic rings. The number of hydrogen-bond donors (Lipinski definition) is 2. The molecule has 10 aromatic rings. The third-order valence-corrected chi connectivity index (χ3v) is 19.3. The molecule has 2 N–H and O–H groups in total.